The number of primary amides is 1. The highest BCUT2D eigenvalue weighted by atomic mass is 16.6. The second kappa shape index (κ2) is 11.6. The molecule has 9 nitrogen and oxygen atoms in total. The molecule has 4 N–H and O–H groups in total. The van der Waals surface area contributed by atoms with Gasteiger partial charge in [-0.2, -0.15) is 0 Å². The number of hydrogen-bond acceptors (Lipinski definition) is 5. The lowest BCUT2D eigenvalue weighted by Crippen LogP contribution is -2.58. The van der Waals surface area contributed by atoms with E-state index in [1.807, 2.05) is 45.9 Å². The van der Waals surface area contributed by atoms with Crippen LogP contribution in [0.15, 0.2) is 18.2 Å². The zero-order valence-corrected chi connectivity index (χ0v) is 21.9. The van der Waals surface area contributed by atoms with Gasteiger partial charge in [-0.15, -0.1) is 0 Å². The van der Waals surface area contributed by atoms with Crippen LogP contribution in [-0.4, -0.2) is 52.4 Å². The highest BCUT2D eigenvalue weighted by Crippen LogP contribution is 2.34. The van der Waals surface area contributed by atoms with Crippen molar-refractivity contribution >= 4 is 23.8 Å². The zero-order chi connectivity index (χ0) is 26.5. The molecule has 4 amide bonds. The normalized spacial score (nSPS) is 15.5. The molecule has 2 unspecified atom stereocenters. The maximum Gasteiger partial charge on any atom is 0.408 e. The van der Waals surface area contributed by atoms with Crippen molar-refractivity contribution in [1.82, 2.24) is 15.5 Å². The third kappa shape index (κ3) is 8.26. The Morgan fingerprint density at radius 1 is 1.06 bits per heavy atom. The molecule has 1 aliphatic carbocycles. The lowest BCUT2D eigenvalue weighted by Gasteiger charge is -2.43. The summed E-state index contributed by atoms with van der Waals surface area (Å²) in [5, 5.41) is 5.45. The maximum atomic E-state index is 14.0. The SMILES string of the molecule is Cc1cc(C)cc(C(C(=O)NC(C)C)N(C(=O)C(CC(N)=O)NC(=O)OC(C)(C)C)C2CCC2)c1. The summed E-state index contributed by atoms with van der Waals surface area (Å²) >= 11 is 0. The van der Waals surface area contributed by atoms with E-state index >= 15 is 0 Å². The van der Waals surface area contributed by atoms with Crippen molar-refractivity contribution < 1.29 is 23.9 Å². The van der Waals surface area contributed by atoms with Gasteiger partial charge in [0.05, 0.1) is 6.42 Å². The first-order chi connectivity index (χ1) is 16.2. The number of carbonyl (C=O) groups excluding carboxylic acids is 4. The van der Waals surface area contributed by atoms with Gasteiger partial charge in [-0.1, -0.05) is 29.3 Å². The Labute approximate surface area is 208 Å². The molecule has 2 rings (SSSR count). The Bertz CT molecular complexity index is 929. The molecule has 1 aliphatic rings. The smallest absolute Gasteiger partial charge is 0.408 e. The van der Waals surface area contributed by atoms with Crippen molar-refractivity contribution in [3.05, 3.63) is 34.9 Å². The molecule has 194 valence electrons. The molecule has 0 spiro atoms. The van der Waals surface area contributed by atoms with Crippen LogP contribution in [0.1, 0.15) is 83.0 Å². The van der Waals surface area contributed by atoms with Gasteiger partial charge >= 0.3 is 6.09 Å². The number of hydrogen-bond donors (Lipinski definition) is 3. The Kier molecular flexibility index (Phi) is 9.29. The minimum atomic E-state index is -1.26. The molecule has 9 heteroatoms. The van der Waals surface area contributed by atoms with Gasteiger partial charge in [0.15, 0.2) is 0 Å². The van der Waals surface area contributed by atoms with Crippen molar-refractivity contribution in [1.29, 1.82) is 0 Å². The van der Waals surface area contributed by atoms with Crippen LogP contribution >= 0.6 is 0 Å². The molecule has 0 bridgehead atoms. The summed E-state index contributed by atoms with van der Waals surface area (Å²) in [5.41, 5.74) is 7.23. The number of nitrogens with two attached hydrogens (primary N) is 1. The van der Waals surface area contributed by atoms with Crippen LogP contribution in [0, 0.1) is 13.8 Å². The summed E-state index contributed by atoms with van der Waals surface area (Å²) in [7, 11) is 0. The molecule has 0 aliphatic heterocycles. The average Bonchev–Trinajstić information content (AvgIpc) is 2.61. The maximum absolute atomic E-state index is 14.0. The molecule has 1 fully saturated rings. The van der Waals surface area contributed by atoms with Crippen molar-refractivity contribution in [2.45, 2.75) is 104 Å². The zero-order valence-electron chi connectivity index (χ0n) is 21.9. The van der Waals surface area contributed by atoms with Gasteiger partial charge < -0.3 is 26.0 Å². The van der Waals surface area contributed by atoms with Crippen LogP contribution in [0.5, 0.6) is 0 Å². The predicted molar refractivity (Wildman–Crippen MR) is 133 cm³/mol. The van der Waals surface area contributed by atoms with E-state index < -0.39 is 42.0 Å². The van der Waals surface area contributed by atoms with E-state index in [1.54, 1.807) is 20.8 Å². The second-order valence-corrected chi connectivity index (χ2v) is 10.7. The molecule has 1 aromatic carbocycles. The van der Waals surface area contributed by atoms with Gasteiger partial charge in [0.1, 0.15) is 17.7 Å². The predicted octanol–water partition coefficient (Wildman–Crippen LogP) is 3.02. The average molecular weight is 489 g/mol. The van der Waals surface area contributed by atoms with E-state index in [-0.39, 0.29) is 18.0 Å². The first-order valence-corrected chi connectivity index (χ1v) is 12.2. The number of nitrogens with zero attached hydrogens (tertiary/aromatic N) is 1. The summed E-state index contributed by atoms with van der Waals surface area (Å²) in [6, 6.07) is 3.24. The molecule has 1 saturated carbocycles. The largest absolute Gasteiger partial charge is 0.444 e. The highest BCUT2D eigenvalue weighted by molar-refractivity contribution is 5.95. The summed E-state index contributed by atoms with van der Waals surface area (Å²) < 4.78 is 5.30. The number of aryl methyl sites for hydroxylation is 2. The van der Waals surface area contributed by atoms with E-state index in [9.17, 15) is 19.2 Å². The minimum Gasteiger partial charge on any atom is -0.444 e. The van der Waals surface area contributed by atoms with Crippen molar-refractivity contribution in [3.8, 4) is 0 Å². The van der Waals surface area contributed by atoms with Crippen molar-refractivity contribution in [2.75, 3.05) is 0 Å². The third-order valence-electron chi connectivity index (χ3n) is 5.63. The topological polar surface area (TPSA) is 131 Å². The van der Waals surface area contributed by atoms with Crippen LogP contribution < -0.4 is 16.4 Å². The number of rotatable bonds is 9. The monoisotopic (exact) mass is 488 g/mol. The van der Waals surface area contributed by atoms with Crippen LogP contribution in [0.3, 0.4) is 0 Å². The fraction of sp³-hybridized carbons (Fsp3) is 0.615. The van der Waals surface area contributed by atoms with Crippen LogP contribution in [0.25, 0.3) is 0 Å². The fourth-order valence-electron chi connectivity index (χ4n) is 4.18. The van der Waals surface area contributed by atoms with Crippen molar-refractivity contribution in [3.63, 3.8) is 0 Å². The van der Waals surface area contributed by atoms with E-state index in [0.29, 0.717) is 5.56 Å². The third-order valence-corrected chi connectivity index (χ3v) is 5.63. The molecule has 2 atom stereocenters. The number of nitrogens with one attached hydrogen (secondary N) is 2. The Morgan fingerprint density at radius 3 is 2.06 bits per heavy atom. The number of ether oxygens (including phenoxy) is 1. The first kappa shape index (κ1) is 28.1. The summed E-state index contributed by atoms with van der Waals surface area (Å²) in [5.74, 6) is -1.61. The second-order valence-electron chi connectivity index (χ2n) is 10.7. The lowest BCUT2D eigenvalue weighted by atomic mass is 9.87. The molecule has 1 aromatic rings. The summed E-state index contributed by atoms with van der Waals surface area (Å²) in [6.45, 7) is 12.7. The summed E-state index contributed by atoms with van der Waals surface area (Å²) in [4.78, 5) is 53.3. The molecular formula is C26H40N4O5. The quantitative estimate of drug-likeness (QED) is 0.492. The number of carbonyl (C=O) groups is 4. The highest BCUT2D eigenvalue weighted by Gasteiger charge is 2.42. The van der Waals surface area contributed by atoms with Gasteiger partial charge in [-0.05, 0) is 73.3 Å². The van der Waals surface area contributed by atoms with Crippen LogP contribution in [0.4, 0.5) is 4.79 Å². The molecule has 0 aromatic heterocycles. The van der Waals surface area contributed by atoms with Crippen LogP contribution in [0.2, 0.25) is 0 Å². The van der Waals surface area contributed by atoms with Gasteiger partial charge in [-0.25, -0.2) is 4.79 Å². The fourth-order valence-corrected chi connectivity index (χ4v) is 4.18. The van der Waals surface area contributed by atoms with Gasteiger partial charge in [0.2, 0.25) is 17.7 Å². The molecule has 0 saturated heterocycles. The Balaban J connectivity index is 2.53. The standard InChI is InChI=1S/C26H40N4O5/c1-15(2)28-23(32)22(18-12-16(3)11-17(4)13-18)30(19-9-8-10-19)24(33)20(14-21(27)31)29-25(34)35-26(5,6)7/h11-13,15,19-20,22H,8-10,14H2,1-7H3,(H2,27,31)(H,28,32)(H,29,34). The van der Waals surface area contributed by atoms with Gasteiger partial charge in [0.25, 0.3) is 0 Å². The van der Waals surface area contributed by atoms with Gasteiger partial charge in [0, 0.05) is 12.1 Å². The Morgan fingerprint density at radius 2 is 1.63 bits per heavy atom. The number of benzene rings is 1. The first-order valence-electron chi connectivity index (χ1n) is 12.2. The minimum absolute atomic E-state index is 0.143. The van der Waals surface area contributed by atoms with E-state index in [0.717, 1.165) is 30.4 Å². The van der Waals surface area contributed by atoms with E-state index in [1.165, 1.54) is 4.90 Å². The molecule has 35 heavy (non-hydrogen) atoms. The number of alkyl carbamates (subject to hydrolysis) is 1. The van der Waals surface area contributed by atoms with E-state index in [2.05, 4.69) is 10.6 Å². The lowest BCUT2D eigenvalue weighted by molar-refractivity contribution is -0.148. The summed E-state index contributed by atoms with van der Waals surface area (Å²) in [6.07, 6.45) is 1.11. The van der Waals surface area contributed by atoms with Crippen LogP contribution in [-0.2, 0) is 19.1 Å². The molecular weight excluding hydrogens is 448 g/mol. The van der Waals surface area contributed by atoms with Crippen molar-refractivity contribution in [2.24, 2.45) is 5.73 Å². The van der Waals surface area contributed by atoms with E-state index in [4.69, 9.17) is 10.5 Å². The Hall–Kier alpha value is -3.10. The van der Waals surface area contributed by atoms with Gasteiger partial charge in [-0.3, -0.25) is 14.4 Å². The number of amides is 4. The molecule has 0 heterocycles. The molecule has 0 radical (unpaired) electrons.